The molecule has 2 rings (SSSR count). The Morgan fingerprint density at radius 1 is 1.35 bits per heavy atom. The summed E-state index contributed by atoms with van der Waals surface area (Å²) in [6, 6.07) is 8.03. The van der Waals surface area contributed by atoms with Crippen molar-refractivity contribution in [1.29, 1.82) is 0 Å². The van der Waals surface area contributed by atoms with E-state index in [2.05, 4.69) is 6.58 Å². The highest BCUT2D eigenvalue weighted by molar-refractivity contribution is 7.92. The number of nitrogens with zero attached hydrogens (tertiary/aromatic N) is 1. The number of benzene rings is 1. The molecule has 0 unspecified atom stereocenters. The molecule has 3 atom stereocenters. The van der Waals surface area contributed by atoms with Crippen molar-refractivity contribution in [1.82, 2.24) is 0 Å². The number of rotatable bonds is 3. The summed E-state index contributed by atoms with van der Waals surface area (Å²) in [6.45, 7) is 6.88. The standard InChI is InChI=1S/C14H17NO4S/c1-10-9-14(3,15(16)17)11(2)13(10)20(18,19)12-7-5-4-6-8-12/h4-8,11,13H,1,9H2,2-3H3/t11-,13+,14-/m0/s1. The molecule has 20 heavy (non-hydrogen) atoms. The van der Waals surface area contributed by atoms with Crippen LogP contribution >= 0.6 is 0 Å². The van der Waals surface area contributed by atoms with Gasteiger partial charge in [-0.15, -0.1) is 0 Å². The Balaban J connectivity index is 2.49. The zero-order valence-electron chi connectivity index (χ0n) is 11.4. The van der Waals surface area contributed by atoms with Gasteiger partial charge < -0.3 is 0 Å². The van der Waals surface area contributed by atoms with E-state index in [-0.39, 0.29) is 16.2 Å². The van der Waals surface area contributed by atoms with Crippen LogP contribution in [0, 0.1) is 16.0 Å². The lowest BCUT2D eigenvalue weighted by atomic mass is 9.91. The van der Waals surface area contributed by atoms with Gasteiger partial charge in [-0.1, -0.05) is 37.3 Å². The van der Waals surface area contributed by atoms with Crippen LogP contribution in [-0.4, -0.2) is 24.1 Å². The van der Waals surface area contributed by atoms with E-state index in [1.807, 2.05) is 0 Å². The highest BCUT2D eigenvalue weighted by atomic mass is 32.2. The van der Waals surface area contributed by atoms with Crippen molar-refractivity contribution >= 4 is 9.84 Å². The first kappa shape index (κ1) is 14.7. The summed E-state index contributed by atoms with van der Waals surface area (Å²) in [5, 5.41) is 10.4. The number of hydrogen-bond acceptors (Lipinski definition) is 4. The minimum absolute atomic E-state index is 0.0951. The minimum atomic E-state index is -3.65. The molecule has 0 heterocycles. The molecule has 0 aliphatic heterocycles. The molecule has 1 aromatic carbocycles. The molecule has 0 saturated heterocycles. The zero-order chi connectivity index (χ0) is 15.1. The smallest absolute Gasteiger partial charge is 0.227 e. The lowest BCUT2D eigenvalue weighted by molar-refractivity contribution is -0.571. The van der Waals surface area contributed by atoms with E-state index in [4.69, 9.17) is 0 Å². The molecule has 1 aliphatic rings. The lowest BCUT2D eigenvalue weighted by Gasteiger charge is -2.23. The Morgan fingerprint density at radius 3 is 2.35 bits per heavy atom. The van der Waals surface area contributed by atoms with Crippen LogP contribution in [0.4, 0.5) is 0 Å². The van der Waals surface area contributed by atoms with Gasteiger partial charge in [-0.05, 0) is 12.1 Å². The van der Waals surface area contributed by atoms with Gasteiger partial charge in [0.2, 0.25) is 5.54 Å². The van der Waals surface area contributed by atoms with Crippen LogP contribution in [0.25, 0.3) is 0 Å². The largest absolute Gasteiger partial charge is 0.264 e. The third kappa shape index (κ3) is 2.04. The van der Waals surface area contributed by atoms with Crippen LogP contribution < -0.4 is 0 Å². The maximum absolute atomic E-state index is 12.7. The van der Waals surface area contributed by atoms with Gasteiger partial charge in [0.15, 0.2) is 9.84 Å². The Labute approximate surface area is 118 Å². The molecule has 6 heteroatoms. The molecule has 1 fully saturated rings. The van der Waals surface area contributed by atoms with Crippen molar-refractivity contribution in [3.05, 3.63) is 52.6 Å². The first-order valence-corrected chi connectivity index (χ1v) is 7.87. The molecule has 0 amide bonds. The molecule has 0 spiro atoms. The second kappa shape index (κ2) is 4.70. The van der Waals surface area contributed by atoms with Crippen molar-refractivity contribution in [3.63, 3.8) is 0 Å². The molecule has 1 aliphatic carbocycles. The fourth-order valence-electron chi connectivity index (χ4n) is 2.88. The third-order valence-electron chi connectivity index (χ3n) is 4.25. The molecule has 1 aromatic rings. The van der Waals surface area contributed by atoms with Gasteiger partial charge in [-0.2, -0.15) is 0 Å². The van der Waals surface area contributed by atoms with E-state index >= 15 is 0 Å². The van der Waals surface area contributed by atoms with Crippen LogP contribution in [0.15, 0.2) is 47.4 Å². The third-order valence-corrected chi connectivity index (χ3v) is 6.58. The monoisotopic (exact) mass is 295 g/mol. The van der Waals surface area contributed by atoms with E-state index in [0.29, 0.717) is 5.57 Å². The summed E-state index contributed by atoms with van der Waals surface area (Å²) in [7, 11) is -3.65. The quantitative estimate of drug-likeness (QED) is 0.487. The van der Waals surface area contributed by atoms with Crippen LogP contribution in [0.1, 0.15) is 20.3 Å². The lowest BCUT2D eigenvalue weighted by Crippen LogP contribution is -2.41. The second-order valence-electron chi connectivity index (χ2n) is 5.52. The van der Waals surface area contributed by atoms with Gasteiger partial charge in [0.05, 0.1) is 10.1 Å². The molecular weight excluding hydrogens is 278 g/mol. The van der Waals surface area contributed by atoms with Crippen molar-refractivity contribution in [2.24, 2.45) is 5.92 Å². The predicted octanol–water partition coefficient (Wildman–Crippen LogP) is 2.46. The molecular formula is C14H17NO4S. The Kier molecular flexibility index (Phi) is 3.46. The Bertz CT molecular complexity index is 653. The summed E-state index contributed by atoms with van der Waals surface area (Å²) < 4.78 is 25.4. The van der Waals surface area contributed by atoms with E-state index in [1.165, 1.54) is 19.1 Å². The summed E-state index contributed by atoms with van der Waals surface area (Å²) >= 11 is 0. The van der Waals surface area contributed by atoms with Gasteiger partial charge in [0, 0.05) is 24.2 Å². The molecule has 1 saturated carbocycles. The fraction of sp³-hybridized carbons (Fsp3) is 0.429. The number of nitro groups is 1. The van der Waals surface area contributed by atoms with Gasteiger partial charge in [-0.25, -0.2) is 8.42 Å². The summed E-state index contributed by atoms with van der Waals surface area (Å²) in [5.41, 5.74) is -0.857. The molecule has 0 N–H and O–H groups in total. The Hall–Kier alpha value is -1.69. The first-order chi connectivity index (χ1) is 9.21. The fourth-order valence-corrected chi connectivity index (χ4v) is 5.06. The Morgan fingerprint density at radius 2 is 1.90 bits per heavy atom. The molecule has 0 aromatic heterocycles. The number of hydrogen-bond donors (Lipinski definition) is 0. The maximum atomic E-state index is 12.7. The molecule has 108 valence electrons. The van der Waals surface area contributed by atoms with E-state index < -0.39 is 26.5 Å². The summed E-state index contributed by atoms with van der Waals surface area (Å²) in [4.78, 5) is 11.1. The van der Waals surface area contributed by atoms with Crippen molar-refractivity contribution in [2.75, 3.05) is 0 Å². The minimum Gasteiger partial charge on any atom is -0.264 e. The van der Waals surface area contributed by atoms with Crippen molar-refractivity contribution in [2.45, 2.75) is 36.0 Å². The van der Waals surface area contributed by atoms with Crippen LogP contribution in [0.5, 0.6) is 0 Å². The van der Waals surface area contributed by atoms with E-state index in [0.717, 1.165) is 0 Å². The summed E-state index contributed by atoms with van der Waals surface area (Å²) in [6.07, 6.45) is 0.0951. The summed E-state index contributed by atoms with van der Waals surface area (Å²) in [5.74, 6) is -0.616. The van der Waals surface area contributed by atoms with Crippen LogP contribution in [-0.2, 0) is 9.84 Å². The van der Waals surface area contributed by atoms with E-state index in [9.17, 15) is 18.5 Å². The van der Waals surface area contributed by atoms with Gasteiger partial charge in [-0.3, -0.25) is 10.1 Å². The topological polar surface area (TPSA) is 77.3 Å². The van der Waals surface area contributed by atoms with Gasteiger partial charge in [0.25, 0.3) is 0 Å². The SMILES string of the molecule is C=C1C[C@](C)([N+](=O)[O-])[C@@H](C)[C@@H]1S(=O)(=O)c1ccccc1. The number of sulfone groups is 1. The average molecular weight is 295 g/mol. The zero-order valence-corrected chi connectivity index (χ0v) is 12.3. The van der Waals surface area contributed by atoms with E-state index in [1.54, 1.807) is 25.1 Å². The highest BCUT2D eigenvalue weighted by Crippen LogP contribution is 2.45. The maximum Gasteiger partial charge on any atom is 0.227 e. The van der Waals surface area contributed by atoms with Crippen LogP contribution in [0.2, 0.25) is 0 Å². The second-order valence-corrected chi connectivity index (χ2v) is 7.59. The van der Waals surface area contributed by atoms with Gasteiger partial charge >= 0.3 is 0 Å². The molecule has 0 radical (unpaired) electrons. The average Bonchev–Trinajstić information content (AvgIpc) is 2.62. The highest BCUT2D eigenvalue weighted by Gasteiger charge is 2.58. The van der Waals surface area contributed by atoms with Crippen molar-refractivity contribution in [3.8, 4) is 0 Å². The first-order valence-electron chi connectivity index (χ1n) is 6.32. The molecule has 0 bridgehead atoms. The van der Waals surface area contributed by atoms with Crippen molar-refractivity contribution < 1.29 is 13.3 Å². The predicted molar refractivity (Wildman–Crippen MR) is 75.7 cm³/mol. The van der Waals surface area contributed by atoms with Crippen LogP contribution in [0.3, 0.4) is 0 Å². The normalized spacial score (nSPS) is 30.4. The molecule has 5 nitrogen and oxygen atoms in total. The van der Waals surface area contributed by atoms with Gasteiger partial charge in [0.1, 0.15) is 0 Å².